The van der Waals surface area contributed by atoms with Gasteiger partial charge in [-0.1, -0.05) is 11.6 Å². The zero-order valence-electron chi connectivity index (χ0n) is 12.8. The molecule has 3 aromatic rings. The minimum atomic E-state index is 0.0296. The number of pyridine rings is 1. The quantitative estimate of drug-likeness (QED) is 0.695. The van der Waals surface area contributed by atoms with Crippen LogP contribution >= 0.6 is 0 Å². The Labute approximate surface area is 128 Å². The summed E-state index contributed by atoms with van der Waals surface area (Å²) in [4.78, 5) is 12.7. The molecule has 2 aromatic heterocycles. The molecule has 1 aromatic carbocycles. The predicted octanol–water partition coefficient (Wildman–Crippen LogP) is 2.89. The molecule has 0 bridgehead atoms. The summed E-state index contributed by atoms with van der Waals surface area (Å²) in [6.07, 6.45) is 4.08. The van der Waals surface area contributed by atoms with Crippen molar-refractivity contribution in [3.05, 3.63) is 40.2 Å². The highest BCUT2D eigenvalue weighted by atomic mass is 16.1. The Balaban J connectivity index is 2.24. The number of hydrogen-bond acceptors (Lipinski definition) is 3. The summed E-state index contributed by atoms with van der Waals surface area (Å²) in [5, 5.41) is 13.6. The van der Waals surface area contributed by atoms with Crippen LogP contribution in [0.4, 0.5) is 0 Å². The predicted molar refractivity (Wildman–Crippen MR) is 86.7 cm³/mol. The SMILES string of the molecule is Cc1ccc2c(c1)c(=O)c1c(cnn1C)n2CCCCC#N. The Morgan fingerprint density at radius 3 is 2.86 bits per heavy atom. The van der Waals surface area contributed by atoms with Gasteiger partial charge in [-0.05, 0) is 31.9 Å². The molecule has 0 amide bonds. The first-order chi connectivity index (χ1) is 10.6. The number of rotatable bonds is 4. The highest BCUT2D eigenvalue weighted by molar-refractivity contribution is 5.92. The number of nitrogens with zero attached hydrogens (tertiary/aromatic N) is 4. The van der Waals surface area contributed by atoms with Gasteiger partial charge in [-0.25, -0.2) is 0 Å². The minimum absolute atomic E-state index is 0.0296. The maximum Gasteiger partial charge on any atom is 0.215 e. The van der Waals surface area contributed by atoms with E-state index in [-0.39, 0.29) is 5.43 Å². The second-order valence-corrected chi connectivity index (χ2v) is 5.62. The second-order valence-electron chi connectivity index (χ2n) is 5.62. The summed E-state index contributed by atoms with van der Waals surface area (Å²) in [6.45, 7) is 2.77. The molecule has 112 valence electrons. The fraction of sp³-hybridized carbons (Fsp3) is 0.353. The molecule has 0 unspecified atom stereocenters. The molecule has 0 aliphatic carbocycles. The van der Waals surface area contributed by atoms with Crippen molar-refractivity contribution in [1.29, 1.82) is 5.26 Å². The fourth-order valence-corrected chi connectivity index (χ4v) is 2.93. The molecule has 5 nitrogen and oxygen atoms in total. The topological polar surface area (TPSA) is 63.6 Å². The molecule has 0 saturated carbocycles. The van der Waals surface area contributed by atoms with Crippen molar-refractivity contribution in [3.63, 3.8) is 0 Å². The summed E-state index contributed by atoms with van der Waals surface area (Å²) in [6, 6.07) is 8.14. The zero-order chi connectivity index (χ0) is 15.7. The molecule has 2 heterocycles. The van der Waals surface area contributed by atoms with E-state index in [0.29, 0.717) is 11.9 Å². The van der Waals surface area contributed by atoms with Gasteiger partial charge < -0.3 is 4.57 Å². The Bertz CT molecular complexity index is 943. The van der Waals surface area contributed by atoms with E-state index in [1.807, 2.05) is 25.1 Å². The van der Waals surface area contributed by atoms with Crippen LogP contribution in [-0.4, -0.2) is 14.3 Å². The lowest BCUT2D eigenvalue weighted by Gasteiger charge is -2.13. The van der Waals surface area contributed by atoms with Gasteiger partial charge in [0.1, 0.15) is 5.52 Å². The van der Waals surface area contributed by atoms with Crippen LogP contribution in [0.3, 0.4) is 0 Å². The Hall–Kier alpha value is -2.61. The van der Waals surface area contributed by atoms with Crippen LogP contribution in [-0.2, 0) is 13.6 Å². The number of fused-ring (bicyclic) bond motifs is 2. The van der Waals surface area contributed by atoms with Gasteiger partial charge in [0.2, 0.25) is 5.43 Å². The van der Waals surface area contributed by atoms with Crippen LogP contribution < -0.4 is 5.43 Å². The third kappa shape index (κ3) is 2.27. The van der Waals surface area contributed by atoms with Crippen molar-refractivity contribution in [2.75, 3.05) is 0 Å². The van der Waals surface area contributed by atoms with Crippen LogP contribution in [0.1, 0.15) is 24.8 Å². The maximum atomic E-state index is 12.7. The standard InChI is InChI=1S/C17H18N4O/c1-12-6-7-14-13(10-12)17(22)16-15(11-19-20(16)2)21(14)9-5-3-4-8-18/h6-7,10-11H,3-5,9H2,1-2H3. The van der Waals surface area contributed by atoms with Gasteiger partial charge in [0, 0.05) is 25.4 Å². The van der Waals surface area contributed by atoms with Crippen LogP contribution in [0.15, 0.2) is 29.2 Å². The van der Waals surface area contributed by atoms with Gasteiger partial charge in [-0.2, -0.15) is 10.4 Å². The maximum absolute atomic E-state index is 12.7. The third-order valence-corrected chi connectivity index (χ3v) is 4.03. The molecule has 22 heavy (non-hydrogen) atoms. The molecule has 0 spiro atoms. The largest absolute Gasteiger partial charge is 0.338 e. The van der Waals surface area contributed by atoms with Crippen molar-refractivity contribution < 1.29 is 0 Å². The van der Waals surface area contributed by atoms with Gasteiger partial charge >= 0.3 is 0 Å². The van der Waals surface area contributed by atoms with Gasteiger partial charge in [-0.15, -0.1) is 0 Å². The van der Waals surface area contributed by atoms with Crippen molar-refractivity contribution in [2.45, 2.75) is 32.7 Å². The van der Waals surface area contributed by atoms with Crippen molar-refractivity contribution >= 4 is 21.9 Å². The fourth-order valence-electron chi connectivity index (χ4n) is 2.93. The molecule has 0 N–H and O–H groups in total. The van der Waals surface area contributed by atoms with E-state index in [0.717, 1.165) is 41.4 Å². The molecule has 0 atom stereocenters. The number of aromatic nitrogens is 3. The van der Waals surface area contributed by atoms with E-state index in [1.54, 1.807) is 17.9 Å². The first-order valence-electron chi connectivity index (χ1n) is 7.45. The minimum Gasteiger partial charge on any atom is -0.338 e. The van der Waals surface area contributed by atoms with E-state index >= 15 is 0 Å². The van der Waals surface area contributed by atoms with Crippen molar-refractivity contribution in [1.82, 2.24) is 14.3 Å². The summed E-state index contributed by atoms with van der Waals surface area (Å²) in [7, 11) is 1.80. The molecule has 5 heteroatoms. The van der Waals surface area contributed by atoms with Crippen LogP contribution in [0.2, 0.25) is 0 Å². The molecule has 0 fully saturated rings. The van der Waals surface area contributed by atoms with Gasteiger partial charge in [-0.3, -0.25) is 9.48 Å². The number of unbranched alkanes of at least 4 members (excludes halogenated alkanes) is 2. The van der Waals surface area contributed by atoms with Crippen molar-refractivity contribution in [3.8, 4) is 6.07 Å². The third-order valence-electron chi connectivity index (χ3n) is 4.03. The average molecular weight is 294 g/mol. The average Bonchev–Trinajstić information content (AvgIpc) is 2.89. The summed E-state index contributed by atoms with van der Waals surface area (Å²) in [5.41, 5.74) is 3.54. The molecule has 0 radical (unpaired) electrons. The monoisotopic (exact) mass is 294 g/mol. The van der Waals surface area contributed by atoms with E-state index in [4.69, 9.17) is 5.26 Å². The summed E-state index contributed by atoms with van der Waals surface area (Å²) in [5.74, 6) is 0. The number of benzene rings is 1. The lowest BCUT2D eigenvalue weighted by molar-refractivity contribution is 0.643. The molecule has 0 aliphatic heterocycles. The van der Waals surface area contributed by atoms with Gasteiger partial charge in [0.25, 0.3) is 0 Å². The summed E-state index contributed by atoms with van der Waals surface area (Å²) >= 11 is 0. The highest BCUT2D eigenvalue weighted by Crippen LogP contribution is 2.20. The Kier molecular flexibility index (Phi) is 3.68. The molecule has 0 saturated heterocycles. The van der Waals surface area contributed by atoms with Crippen LogP contribution in [0, 0.1) is 18.3 Å². The van der Waals surface area contributed by atoms with Gasteiger partial charge in [0.05, 0.1) is 23.3 Å². The molecule has 0 aliphatic rings. The van der Waals surface area contributed by atoms with E-state index in [2.05, 4.69) is 15.7 Å². The molecule has 3 rings (SSSR count). The Morgan fingerprint density at radius 1 is 1.27 bits per heavy atom. The van der Waals surface area contributed by atoms with E-state index in [9.17, 15) is 4.79 Å². The number of nitriles is 1. The van der Waals surface area contributed by atoms with E-state index < -0.39 is 0 Å². The summed E-state index contributed by atoms with van der Waals surface area (Å²) < 4.78 is 3.79. The normalized spacial score (nSPS) is 11.1. The highest BCUT2D eigenvalue weighted by Gasteiger charge is 2.14. The first-order valence-corrected chi connectivity index (χ1v) is 7.45. The van der Waals surface area contributed by atoms with E-state index in [1.165, 1.54) is 0 Å². The number of aryl methyl sites for hydroxylation is 3. The second kappa shape index (κ2) is 5.64. The first kappa shape index (κ1) is 14.3. The zero-order valence-corrected chi connectivity index (χ0v) is 12.8. The Morgan fingerprint density at radius 2 is 2.09 bits per heavy atom. The van der Waals surface area contributed by atoms with Crippen LogP contribution in [0.25, 0.3) is 21.9 Å². The number of hydrogen-bond donors (Lipinski definition) is 0. The lowest BCUT2D eigenvalue weighted by atomic mass is 10.1. The lowest BCUT2D eigenvalue weighted by Crippen LogP contribution is -2.13. The molecular weight excluding hydrogens is 276 g/mol. The smallest absolute Gasteiger partial charge is 0.215 e. The van der Waals surface area contributed by atoms with Crippen LogP contribution in [0.5, 0.6) is 0 Å². The van der Waals surface area contributed by atoms with Gasteiger partial charge in [0.15, 0.2) is 0 Å². The molecular formula is C17H18N4O. The van der Waals surface area contributed by atoms with Crippen molar-refractivity contribution in [2.24, 2.45) is 7.05 Å².